The number of aryl methyl sites for hydroxylation is 1. The summed E-state index contributed by atoms with van der Waals surface area (Å²) in [5.74, 6) is -0.236. The number of rotatable bonds is 2. The van der Waals surface area contributed by atoms with Crippen molar-refractivity contribution in [2.24, 2.45) is 0 Å². The summed E-state index contributed by atoms with van der Waals surface area (Å²) in [6.45, 7) is 8.09. The van der Waals surface area contributed by atoms with Gasteiger partial charge in [-0.05, 0) is 33.8 Å². The van der Waals surface area contributed by atoms with Gasteiger partial charge in [-0.3, -0.25) is 9.48 Å². The minimum Gasteiger partial charge on any atom is -0.469 e. The monoisotopic (exact) mass is 210 g/mol. The number of carbonyl (C=O) groups excluding carboxylic acids is 1. The van der Waals surface area contributed by atoms with E-state index in [0.717, 1.165) is 11.4 Å². The fourth-order valence-electron chi connectivity index (χ4n) is 1.48. The van der Waals surface area contributed by atoms with Gasteiger partial charge in [-0.15, -0.1) is 0 Å². The van der Waals surface area contributed by atoms with Crippen LogP contribution < -0.4 is 0 Å². The van der Waals surface area contributed by atoms with Gasteiger partial charge in [0.05, 0.1) is 30.5 Å². The van der Waals surface area contributed by atoms with Crippen molar-refractivity contribution in [3.8, 4) is 0 Å². The van der Waals surface area contributed by atoms with Crippen LogP contribution in [0.2, 0.25) is 0 Å². The van der Waals surface area contributed by atoms with Gasteiger partial charge in [0.2, 0.25) is 0 Å². The predicted molar refractivity (Wildman–Crippen MR) is 57.7 cm³/mol. The average molecular weight is 210 g/mol. The molecule has 0 bridgehead atoms. The summed E-state index contributed by atoms with van der Waals surface area (Å²) in [6.07, 6.45) is 0.272. The molecule has 0 N–H and O–H groups in total. The maximum Gasteiger partial charge on any atom is 0.311 e. The Hall–Kier alpha value is -1.32. The highest BCUT2D eigenvalue weighted by atomic mass is 16.5. The van der Waals surface area contributed by atoms with Crippen molar-refractivity contribution in [3.05, 3.63) is 17.5 Å². The van der Waals surface area contributed by atoms with E-state index in [4.69, 9.17) is 0 Å². The van der Waals surface area contributed by atoms with Crippen molar-refractivity contribution in [1.82, 2.24) is 9.78 Å². The van der Waals surface area contributed by atoms with Gasteiger partial charge in [-0.25, -0.2) is 0 Å². The van der Waals surface area contributed by atoms with Crippen molar-refractivity contribution in [2.45, 2.75) is 39.7 Å². The van der Waals surface area contributed by atoms with Crippen LogP contribution in [0, 0.1) is 6.92 Å². The summed E-state index contributed by atoms with van der Waals surface area (Å²) in [4.78, 5) is 11.2. The van der Waals surface area contributed by atoms with E-state index in [1.165, 1.54) is 7.11 Å². The van der Waals surface area contributed by atoms with Crippen LogP contribution in [0.15, 0.2) is 6.07 Å². The number of hydrogen-bond acceptors (Lipinski definition) is 3. The number of hydrogen-bond donors (Lipinski definition) is 0. The van der Waals surface area contributed by atoms with Gasteiger partial charge >= 0.3 is 5.97 Å². The van der Waals surface area contributed by atoms with Crippen LogP contribution in [0.1, 0.15) is 32.2 Å². The highest BCUT2D eigenvalue weighted by Gasteiger charge is 2.20. The summed E-state index contributed by atoms with van der Waals surface area (Å²) in [5.41, 5.74) is 1.70. The lowest BCUT2D eigenvalue weighted by molar-refractivity contribution is -0.139. The second-order valence-electron chi connectivity index (χ2n) is 4.61. The zero-order valence-electron chi connectivity index (χ0n) is 10.00. The Morgan fingerprint density at radius 2 is 2.13 bits per heavy atom. The lowest BCUT2D eigenvalue weighted by Crippen LogP contribution is -2.26. The standard InChI is InChI=1S/C11H18N2O2/c1-8-6-9(7-10(14)15-5)13(12-8)11(2,3)4/h6H,7H2,1-5H3. The van der Waals surface area contributed by atoms with E-state index in [-0.39, 0.29) is 17.9 Å². The van der Waals surface area contributed by atoms with Gasteiger partial charge < -0.3 is 4.74 Å². The molecule has 0 spiro atoms. The molecule has 1 aromatic rings. The van der Waals surface area contributed by atoms with E-state index in [0.29, 0.717) is 0 Å². The van der Waals surface area contributed by atoms with E-state index < -0.39 is 0 Å². The largest absolute Gasteiger partial charge is 0.469 e. The molecule has 0 unspecified atom stereocenters. The first-order valence-electron chi connectivity index (χ1n) is 4.97. The molecule has 0 saturated heterocycles. The molecule has 0 radical (unpaired) electrons. The Morgan fingerprint density at radius 1 is 1.53 bits per heavy atom. The zero-order chi connectivity index (χ0) is 11.6. The highest BCUT2D eigenvalue weighted by molar-refractivity contribution is 5.71. The third-order valence-corrected chi connectivity index (χ3v) is 2.09. The molecule has 0 aliphatic heterocycles. The third-order valence-electron chi connectivity index (χ3n) is 2.09. The Kier molecular flexibility index (Phi) is 3.17. The van der Waals surface area contributed by atoms with Crippen LogP contribution in [0.4, 0.5) is 0 Å². The Bertz CT molecular complexity index is 361. The Balaban J connectivity index is 3.02. The number of esters is 1. The molecule has 4 nitrogen and oxygen atoms in total. The smallest absolute Gasteiger partial charge is 0.311 e. The normalized spacial score (nSPS) is 11.5. The number of aromatic nitrogens is 2. The molecule has 0 aliphatic rings. The minimum absolute atomic E-state index is 0.113. The van der Waals surface area contributed by atoms with Crippen LogP contribution >= 0.6 is 0 Å². The molecule has 15 heavy (non-hydrogen) atoms. The molecular weight excluding hydrogens is 192 g/mol. The van der Waals surface area contributed by atoms with E-state index in [1.807, 2.05) is 17.7 Å². The summed E-state index contributed by atoms with van der Waals surface area (Å²) in [5, 5.41) is 4.38. The maximum absolute atomic E-state index is 11.2. The third kappa shape index (κ3) is 2.81. The van der Waals surface area contributed by atoms with Gasteiger partial charge in [0.1, 0.15) is 0 Å². The van der Waals surface area contributed by atoms with Crippen LogP contribution in [-0.2, 0) is 21.5 Å². The first kappa shape index (κ1) is 11.8. The average Bonchev–Trinajstić information content (AvgIpc) is 2.45. The molecule has 1 rings (SSSR count). The lowest BCUT2D eigenvalue weighted by atomic mass is 10.1. The second-order valence-corrected chi connectivity index (χ2v) is 4.61. The topological polar surface area (TPSA) is 44.1 Å². The predicted octanol–water partition coefficient (Wildman–Crippen LogP) is 1.66. The summed E-state index contributed by atoms with van der Waals surface area (Å²) >= 11 is 0. The van der Waals surface area contributed by atoms with Gasteiger partial charge in [0.15, 0.2) is 0 Å². The van der Waals surface area contributed by atoms with Crippen molar-refractivity contribution >= 4 is 5.97 Å². The van der Waals surface area contributed by atoms with Gasteiger partial charge in [0.25, 0.3) is 0 Å². The molecule has 0 atom stereocenters. The first-order chi connectivity index (χ1) is 6.84. The summed E-state index contributed by atoms with van der Waals surface area (Å²) in [7, 11) is 1.40. The van der Waals surface area contributed by atoms with E-state index in [2.05, 4.69) is 30.6 Å². The van der Waals surface area contributed by atoms with Crippen LogP contribution in [0.5, 0.6) is 0 Å². The SMILES string of the molecule is COC(=O)Cc1cc(C)nn1C(C)(C)C. The van der Waals surface area contributed by atoms with Crippen LogP contribution in [-0.4, -0.2) is 22.9 Å². The van der Waals surface area contributed by atoms with Crippen molar-refractivity contribution < 1.29 is 9.53 Å². The molecule has 84 valence electrons. The van der Waals surface area contributed by atoms with Gasteiger partial charge in [0, 0.05) is 0 Å². The maximum atomic E-state index is 11.2. The second kappa shape index (κ2) is 4.04. The molecule has 0 saturated carbocycles. The van der Waals surface area contributed by atoms with Crippen molar-refractivity contribution in [2.75, 3.05) is 7.11 Å². The number of methoxy groups -OCH3 is 1. The molecular formula is C11H18N2O2. The molecule has 0 aliphatic carbocycles. The molecule has 4 heteroatoms. The molecule has 1 heterocycles. The van der Waals surface area contributed by atoms with Gasteiger partial charge in [-0.1, -0.05) is 0 Å². The quantitative estimate of drug-likeness (QED) is 0.697. The Morgan fingerprint density at radius 3 is 2.60 bits per heavy atom. The van der Waals surface area contributed by atoms with Crippen molar-refractivity contribution in [1.29, 1.82) is 0 Å². The van der Waals surface area contributed by atoms with Crippen LogP contribution in [0.25, 0.3) is 0 Å². The summed E-state index contributed by atoms with van der Waals surface area (Å²) < 4.78 is 6.53. The molecule has 0 aromatic carbocycles. The highest BCUT2D eigenvalue weighted by Crippen LogP contribution is 2.17. The van der Waals surface area contributed by atoms with E-state index in [1.54, 1.807) is 0 Å². The molecule has 0 amide bonds. The Labute approximate surface area is 90.2 Å². The lowest BCUT2D eigenvalue weighted by Gasteiger charge is -2.22. The first-order valence-corrected chi connectivity index (χ1v) is 4.97. The summed E-state index contributed by atoms with van der Waals surface area (Å²) in [6, 6.07) is 1.92. The number of ether oxygens (including phenoxy) is 1. The van der Waals surface area contributed by atoms with E-state index in [9.17, 15) is 4.79 Å². The van der Waals surface area contributed by atoms with Gasteiger partial charge in [-0.2, -0.15) is 5.10 Å². The fourth-order valence-corrected chi connectivity index (χ4v) is 1.48. The molecule has 0 fully saturated rings. The van der Waals surface area contributed by atoms with Crippen LogP contribution in [0.3, 0.4) is 0 Å². The minimum atomic E-state index is -0.236. The number of nitrogens with zero attached hydrogens (tertiary/aromatic N) is 2. The van der Waals surface area contributed by atoms with E-state index >= 15 is 0 Å². The fraction of sp³-hybridized carbons (Fsp3) is 0.636. The zero-order valence-corrected chi connectivity index (χ0v) is 10.00. The molecule has 1 aromatic heterocycles. The number of carbonyl (C=O) groups is 1. The van der Waals surface area contributed by atoms with Crippen molar-refractivity contribution in [3.63, 3.8) is 0 Å².